The molecule has 6 heteroatoms. The molecule has 0 atom stereocenters. The number of halogens is 3. The molecule has 1 amide bonds. The molecule has 26 heavy (non-hydrogen) atoms. The molecule has 1 aliphatic rings. The van der Waals surface area contributed by atoms with Gasteiger partial charge in [-0.25, -0.2) is 0 Å². The van der Waals surface area contributed by atoms with Crippen LogP contribution in [0.3, 0.4) is 0 Å². The van der Waals surface area contributed by atoms with E-state index in [1.807, 2.05) is 18.2 Å². The number of carbonyl (C=O) groups is 1. The molecular formula is C20H21F3N2O. The first-order valence-electron chi connectivity index (χ1n) is 8.63. The zero-order valence-corrected chi connectivity index (χ0v) is 14.3. The summed E-state index contributed by atoms with van der Waals surface area (Å²) in [7, 11) is 0. The first kappa shape index (κ1) is 18.3. The third-order valence-corrected chi connectivity index (χ3v) is 4.61. The lowest BCUT2D eigenvalue weighted by molar-refractivity contribution is -0.137. The van der Waals surface area contributed by atoms with Crippen LogP contribution in [0.25, 0.3) is 0 Å². The number of nitrogens with two attached hydrogens (primary N) is 1. The minimum absolute atomic E-state index is 0.00986. The number of aryl methyl sites for hydroxylation is 1. The molecular weight excluding hydrogens is 341 g/mol. The second-order valence-electron chi connectivity index (χ2n) is 6.65. The fraction of sp³-hybridized carbons (Fsp3) is 0.350. The Morgan fingerprint density at radius 3 is 2.31 bits per heavy atom. The number of nitrogen functional groups attached to an aromatic ring is 1. The number of alkyl halides is 3. The Morgan fingerprint density at radius 1 is 1.08 bits per heavy atom. The summed E-state index contributed by atoms with van der Waals surface area (Å²) >= 11 is 0. The second kappa shape index (κ2) is 7.40. The van der Waals surface area contributed by atoms with Crippen molar-refractivity contribution in [3.8, 4) is 0 Å². The highest BCUT2D eigenvalue weighted by Crippen LogP contribution is 2.31. The van der Waals surface area contributed by atoms with E-state index < -0.39 is 11.7 Å². The van der Waals surface area contributed by atoms with Crippen LogP contribution in [0.15, 0.2) is 48.5 Å². The van der Waals surface area contributed by atoms with Gasteiger partial charge in [-0.1, -0.05) is 30.3 Å². The van der Waals surface area contributed by atoms with E-state index >= 15 is 0 Å². The molecule has 0 saturated heterocycles. The van der Waals surface area contributed by atoms with Gasteiger partial charge in [0, 0.05) is 24.7 Å². The Balaban J connectivity index is 1.64. The predicted molar refractivity (Wildman–Crippen MR) is 94.2 cm³/mol. The van der Waals surface area contributed by atoms with Crippen LogP contribution in [-0.4, -0.2) is 16.8 Å². The molecule has 1 aliphatic carbocycles. The molecule has 2 aromatic carbocycles. The zero-order valence-electron chi connectivity index (χ0n) is 14.3. The highest BCUT2D eigenvalue weighted by molar-refractivity contribution is 5.77. The van der Waals surface area contributed by atoms with Crippen LogP contribution in [0.2, 0.25) is 0 Å². The van der Waals surface area contributed by atoms with Gasteiger partial charge in [0.25, 0.3) is 0 Å². The van der Waals surface area contributed by atoms with Crippen LogP contribution < -0.4 is 5.73 Å². The molecule has 0 bridgehead atoms. The summed E-state index contributed by atoms with van der Waals surface area (Å²) < 4.78 is 38.0. The molecule has 0 unspecified atom stereocenters. The van der Waals surface area contributed by atoms with E-state index in [-0.39, 0.29) is 11.9 Å². The highest BCUT2D eigenvalue weighted by atomic mass is 19.4. The molecule has 2 N–H and O–H groups in total. The Bertz CT molecular complexity index is 767. The van der Waals surface area contributed by atoms with Crippen molar-refractivity contribution in [2.75, 3.05) is 5.73 Å². The zero-order chi connectivity index (χ0) is 18.7. The van der Waals surface area contributed by atoms with Crippen LogP contribution >= 0.6 is 0 Å². The van der Waals surface area contributed by atoms with E-state index in [0.29, 0.717) is 30.6 Å². The quantitative estimate of drug-likeness (QED) is 0.774. The van der Waals surface area contributed by atoms with Gasteiger partial charge in [0.1, 0.15) is 0 Å². The van der Waals surface area contributed by atoms with E-state index in [1.54, 1.807) is 11.0 Å². The lowest BCUT2D eigenvalue weighted by Crippen LogP contribution is -2.32. The molecule has 1 saturated carbocycles. The Hall–Kier alpha value is -2.50. The highest BCUT2D eigenvalue weighted by Gasteiger charge is 2.33. The van der Waals surface area contributed by atoms with Crippen LogP contribution in [0.1, 0.15) is 36.0 Å². The van der Waals surface area contributed by atoms with Gasteiger partial charge < -0.3 is 10.6 Å². The number of hydrogen-bond donors (Lipinski definition) is 1. The van der Waals surface area contributed by atoms with Crippen molar-refractivity contribution in [1.82, 2.24) is 4.90 Å². The minimum atomic E-state index is -4.35. The van der Waals surface area contributed by atoms with Gasteiger partial charge in [-0.2, -0.15) is 13.2 Å². The number of anilines is 1. The van der Waals surface area contributed by atoms with Crippen molar-refractivity contribution in [3.63, 3.8) is 0 Å². The molecule has 0 aliphatic heterocycles. The average Bonchev–Trinajstić information content (AvgIpc) is 3.43. The predicted octanol–water partition coefficient (Wildman–Crippen LogP) is 4.41. The van der Waals surface area contributed by atoms with Gasteiger partial charge in [0.2, 0.25) is 5.91 Å². The van der Waals surface area contributed by atoms with E-state index in [9.17, 15) is 18.0 Å². The summed E-state index contributed by atoms with van der Waals surface area (Å²) in [5.41, 5.74) is 7.55. The lowest BCUT2D eigenvalue weighted by atomic mass is 10.1. The molecule has 3 nitrogen and oxygen atoms in total. The van der Waals surface area contributed by atoms with Gasteiger partial charge >= 0.3 is 6.18 Å². The molecule has 0 heterocycles. The first-order valence-corrected chi connectivity index (χ1v) is 8.63. The minimum Gasteiger partial charge on any atom is -0.399 e. The smallest absolute Gasteiger partial charge is 0.399 e. The summed E-state index contributed by atoms with van der Waals surface area (Å²) in [6.07, 6.45) is -1.56. The molecule has 0 radical (unpaired) electrons. The van der Waals surface area contributed by atoms with E-state index in [0.717, 1.165) is 30.5 Å². The second-order valence-corrected chi connectivity index (χ2v) is 6.65. The van der Waals surface area contributed by atoms with Crippen LogP contribution in [0.4, 0.5) is 18.9 Å². The number of benzene rings is 2. The summed E-state index contributed by atoms with van der Waals surface area (Å²) in [4.78, 5) is 14.4. The Morgan fingerprint density at radius 2 is 1.73 bits per heavy atom. The van der Waals surface area contributed by atoms with Gasteiger partial charge in [-0.3, -0.25) is 4.79 Å². The Kier molecular flexibility index (Phi) is 5.20. The van der Waals surface area contributed by atoms with Crippen LogP contribution in [0.5, 0.6) is 0 Å². The fourth-order valence-electron chi connectivity index (χ4n) is 2.95. The van der Waals surface area contributed by atoms with Gasteiger partial charge in [0.05, 0.1) is 5.56 Å². The fourth-order valence-corrected chi connectivity index (χ4v) is 2.95. The third kappa shape index (κ3) is 4.56. The standard InChI is InChI=1S/C20H21F3N2O/c21-20(22,23)16-8-5-14(6-9-16)13-25(17-10-11-17)19(26)12-7-15-3-1-2-4-18(15)24/h1-6,8-9,17H,7,10-13,24H2. The van der Waals surface area contributed by atoms with E-state index in [2.05, 4.69) is 0 Å². The van der Waals surface area contributed by atoms with Crippen molar-refractivity contribution >= 4 is 11.6 Å². The number of amides is 1. The van der Waals surface area contributed by atoms with Crippen LogP contribution in [-0.2, 0) is 23.9 Å². The normalized spacial score (nSPS) is 14.3. The summed E-state index contributed by atoms with van der Waals surface area (Å²) in [6, 6.07) is 12.7. The van der Waals surface area contributed by atoms with Crippen molar-refractivity contribution in [1.29, 1.82) is 0 Å². The molecule has 0 aromatic heterocycles. The van der Waals surface area contributed by atoms with Gasteiger partial charge in [0.15, 0.2) is 0 Å². The largest absolute Gasteiger partial charge is 0.416 e. The van der Waals surface area contributed by atoms with Crippen molar-refractivity contribution in [3.05, 3.63) is 65.2 Å². The Labute approximate surface area is 150 Å². The maximum absolute atomic E-state index is 12.7. The SMILES string of the molecule is Nc1ccccc1CCC(=O)N(Cc1ccc(C(F)(F)F)cc1)C1CC1. The maximum atomic E-state index is 12.7. The third-order valence-electron chi connectivity index (χ3n) is 4.61. The summed E-state index contributed by atoms with van der Waals surface area (Å²) in [5.74, 6) is 0.00986. The maximum Gasteiger partial charge on any atom is 0.416 e. The topological polar surface area (TPSA) is 46.3 Å². The van der Waals surface area contributed by atoms with Crippen LogP contribution in [0, 0.1) is 0 Å². The number of nitrogens with zero attached hydrogens (tertiary/aromatic N) is 1. The van der Waals surface area contributed by atoms with E-state index in [4.69, 9.17) is 5.73 Å². The molecule has 1 fully saturated rings. The number of para-hydroxylation sites is 1. The van der Waals surface area contributed by atoms with Crippen molar-refractivity contribution in [2.45, 2.75) is 44.4 Å². The number of rotatable bonds is 6. The van der Waals surface area contributed by atoms with Crippen molar-refractivity contribution < 1.29 is 18.0 Å². The van der Waals surface area contributed by atoms with Gasteiger partial charge in [-0.15, -0.1) is 0 Å². The molecule has 2 aromatic rings. The molecule has 3 rings (SSSR count). The van der Waals surface area contributed by atoms with Gasteiger partial charge in [-0.05, 0) is 48.6 Å². The van der Waals surface area contributed by atoms with Crippen molar-refractivity contribution in [2.24, 2.45) is 0 Å². The summed E-state index contributed by atoms with van der Waals surface area (Å²) in [5, 5.41) is 0. The first-order chi connectivity index (χ1) is 12.3. The number of carbonyl (C=O) groups excluding carboxylic acids is 1. The molecule has 0 spiro atoms. The number of hydrogen-bond acceptors (Lipinski definition) is 2. The monoisotopic (exact) mass is 362 g/mol. The average molecular weight is 362 g/mol. The summed E-state index contributed by atoms with van der Waals surface area (Å²) in [6.45, 7) is 0.339. The van der Waals surface area contributed by atoms with E-state index in [1.165, 1.54) is 12.1 Å². The lowest BCUT2D eigenvalue weighted by Gasteiger charge is -2.23. The molecule has 138 valence electrons.